The number of aromatic amines is 1. The lowest BCUT2D eigenvalue weighted by atomic mass is 10.0. The molecule has 5 rings (SSSR count). The first kappa shape index (κ1) is 19.4. The van der Waals surface area contributed by atoms with Gasteiger partial charge in [-0.2, -0.15) is 0 Å². The highest BCUT2D eigenvalue weighted by Crippen LogP contribution is 2.38. The van der Waals surface area contributed by atoms with Gasteiger partial charge in [-0.1, -0.05) is 18.2 Å². The second kappa shape index (κ2) is 7.28. The van der Waals surface area contributed by atoms with Gasteiger partial charge in [0.15, 0.2) is 5.75 Å². The Hall–Kier alpha value is -3.58. The molecule has 0 saturated carbocycles. The third kappa shape index (κ3) is 3.18. The smallest absolute Gasteiger partial charge is 0.274 e. The summed E-state index contributed by atoms with van der Waals surface area (Å²) >= 11 is 0. The molecule has 1 N–H and O–H groups in total. The standard InChI is InChI=1S/C24H23N3O4/c1-14-5-4-6-15(2)23(14)31-20-11-27(16-12-30-13-16)21(28)9-18(20)19-10-26(3)24(29)22-17(19)7-8-25-22/h4-11,16,25H,12-13H2,1-3H3. The maximum Gasteiger partial charge on any atom is 0.274 e. The van der Waals surface area contributed by atoms with Crippen LogP contribution >= 0.6 is 0 Å². The monoisotopic (exact) mass is 417 g/mol. The number of para-hydroxylation sites is 1. The summed E-state index contributed by atoms with van der Waals surface area (Å²) in [5.74, 6) is 1.32. The molecule has 0 bridgehead atoms. The molecule has 0 aliphatic carbocycles. The van der Waals surface area contributed by atoms with E-state index in [4.69, 9.17) is 9.47 Å². The quantitative estimate of drug-likeness (QED) is 0.550. The van der Waals surface area contributed by atoms with E-state index in [1.807, 2.05) is 38.1 Å². The molecule has 1 saturated heterocycles. The summed E-state index contributed by atoms with van der Waals surface area (Å²) in [5.41, 5.74) is 3.65. The largest absolute Gasteiger partial charge is 0.455 e. The van der Waals surface area contributed by atoms with E-state index in [2.05, 4.69) is 4.98 Å². The number of hydrogen-bond acceptors (Lipinski definition) is 4. The summed E-state index contributed by atoms with van der Waals surface area (Å²) in [6.45, 7) is 5.00. The molecule has 0 unspecified atom stereocenters. The summed E-state index contributed by atoms with van der Waals surface area (Å²) in [4.78, 5) is 28.5. The number of fused-ring (bicyclic) bond motifs is 1. The lowest BCUT2D eigenvalue weighted by Gasteiger charge is -2.29. The van der Waals surface area contributed by atoms with Crippen LogP contribution < -0.4 is 15.9 Å². The van der Waals surface area contributed by atoms with Crippen molar-refractivity contribution in [1.82, 2.24) is 14.1 Å². The molecule has 1 aliphatic heterocycles. The van der Waals surface area contributed by atoms with Crippen molar-refractivity contribution >= 4 is 10.9 Å². The second-order valence-electron chi connectivity index (χ2n) is 8.04. The highest BCUT2D eigenvalue weighted by molar-refractivity contribution is 5.95. The number of aromatic nitrogens is 3. The minimum absolute atomic E-state index is 0.00530. The Bertz CT molecular complexity index is 1400. The minimum Gasteiger partial charge on any atom is -0.455 e. The summed E-state index contributed by atoms with van der Waals surface area (Å²) in [5, 5.41) is 0.749. The molecule has 0 radical (unpaired) electrons. The summed E-state index contributed by atoms with van der Waals surface area (Å²) in [6, 6.07) is 9.41. The number of nitrogens with one attached hydrogen (secondary N) is 1. The molecule has 0 atom stereocenters. The van der Waals surface area contributed by atoms with Crippen LogP contribution in [0, 0.1) is 13.8 Å². The Balaban J connectivity index is 1.77. The molecule has 31 heavy (non-hydrogen) atoms. The zero-order valence-corrected chi connectivity index (χ0v) is 17.6. The summed E-state index contributed by atoms with van der Waals surface area (Å²) in [7, 11) is 1.70. The van der Waals surface area contributed by atoms with Crippen molar-refractivity contribution in [1.29, 1.82) is 0 Å². The van der Waals surface area contributed by atoms with Gasteiger partial charge in [0.1, 0.15) is 11.3 Å². The number of rotatable bonds is 4. The van der Waals surface area contributed by atoms with Crippen LogP contribution in [0.1, 0.15) is 17.2 Å². The summed E-state index contributed by atoms with van der Waals surface area (Å²) < 4.78 is 14.9. The fourth-order valence-corrected chi connectivity index (χ4v) is 4.04. The third-order valence-electron chi connectivity index (χ3n) is 5.86. The maximum atomic E-state index is 13.0. The van der Waals surface area contributed by atoms with Gasteiger partial charge in [-0.25, -0.2) is 0 Å². The van der Waals surface area contributed by atoms with Crippen molar-refractivity contribution in [2.24, 2.45) is 7.05 Å². The highest BCUT2D eigenvalue weighted by Gasteiger charge is 2.24. The molecule has 0 spiro atoms. The number of hydrogen-bond donors (Lipinski definition) is 1. The zero-order chi connectivity index (χ0) is 21.7. The van der Waals surface area contributed by atoms with Gasteiger partial charge in [0, 0.05) is 42.0 Å². The van der Waals surface area contributed by atoms with Gasteiger partial charge in [0.25, 0.3) is 11.1 Å². The number of nitrogens with zero attached hydrogens (tertiary/aromatic N) is 2. The molecule has 158 valence electrons. The number of benzene rings is 1. The number of ether oxygens (including phenoxy) is 2. The molecule has 1 aromatic carbocycles. The minimum atomic E-state index is -0.130. The van der Waals surface area contributed by atoms with Crippen LogP contribution in [0.5, 0.6) is 11.5 Å². The Morgan fingerprint density at radius 1 is 1.06 bits per heavy atom. The van der Waals surface area contributed by atoms with Gasteiger partial charge >= 0.3 is 0 Å². The molecule has 7 heteroatoms. The molecular weight excluding hydrogens is 394 g/mol. The van der Waals surface area contributed by atoms with Crippen LogP contribution in [-0.2, 0) is 11.8 Å². The topological polar surface area (TPSA) is 78.2 Å². The second-order valence-corrected chi connectivity index (χ2v) is 8.04. The Morgan fingerprint density at radius 2 is 1.81 bits per heavy atom. The van der Waals surface area contributed by atoms with E-state index in [0.717, 1.165) is 27.8 Å². The van der Waals surface area contributed by atoms with Gasteiger partial charge in [0.2, 0.25) is 0 Å². The van der Waals surface area contributed by atoms with Crippen LogP contribution in [0.15, 0.2) is 58.5 Å². The lowest BCUT2D eigenvalue weighted by molar-refractivity contribution is -0.0249. The van der Waals surface area contributed by atoms with E-state index in [0.29, 0.717) is 30.0 Å². The first-order chi connectivity index (χ1) is 14.9. The van der Waals surface area contributed by atoms with Crippen LogP contribution in [0.3, 0.4) is 0 Å². The number of pyridine rings is 2. The average molecular weight is 417 g/mol. The molecule has 1 aliphatic rings. The molecule has 4 heterocycles. The SMILES string of the molecule is Cc1cccc(C)c1Oc1cn(C2COC2)c(=O)cc1-c1cn(C)c(=O)c2[nH]ccc12. The molecule has 7 nitrogen and oxygen atoms in total. The first-order valence-electron chi connectivity index (χ1n) is 10.2. The van der Waals surface area contributed by atoms with Crippen LogP contribution in [-0.4, -0.2) is 27.3 Å². The molecular formula is C24H23N3O4. The normalized spacial score (nSPS) is 14.0. The first-order valence-corrected chi connectivity index (χ1v) is 10.2. The van der Waals surface area contributed by atoms with Gasteiger partial charge in [-0.05, 0) is 31.0 Å². The van der Waals surface area contributed by atoms with E-state index in [1.165, 1.54) is 4.57 Å². The van der Waals surface area contributed by atoms with Gasteiger partial charge in [-0.15, -0.1) is 0 Å². The zero-order valence-electron chi connectivity index (χ0n) is 17.6. The van der Waals surface area contributed by atoms with E-state index < -0.39 is 0 Å². The van der Waals surface area contributed by atoms with Gasteiger partial charge < -0.3 is 23.6 Å². The fourth-order valence-electron chi connectivity index (χ4n) is 4.04. The van der Waals surface area contributed by atoms with Crippen molar-refractivity contribution in [2.45, 2.75) is 19.9 Å². The van der Waals surface area contributed by atoms with Gasteiger partial charge in [-0.3, -0.25) is 9.59 Å². The van der Waals surface area contributed by atoms with Crippen molar-refractivity contribution in [3.05, 3.63) is 80.8 Å². The van der Waals surface area contributed by atoms with E-state index in [1.54, 1.807) is 36.3 Å². The molecule has 1 fully saturated rings. The van der Waals surface area contributed by atoms with Crippen LogP contribution in [0.2, 0.25) is 0 Å². The Kier molecular flexibility index (Phi) is 4.55. The van der Waals surface area contributed by atoms with Crippen molar-refractivity contribution in [3.63, 3.8) is 0 Å². The third-order valence-corrected chi connectivity index (χ3v) is 5.86. The van der Waals surface area contributed by atoms with Crippen LogP contribution in [0.25, 0.3) is 22.0 Å². The average Bonchev–Trinajstić information content (AvgIpc) is 3.18. The van der Waals surface area contributed by atoms with Crippen LogP contribution in [0.4, 0.5) is 0 Å². The summed E-state index contributed by atoms with van der Waals surface area (Å²) in [6.07, 6.45) is 5.25. The Labute approximate surface area is 178 Å². The van der Waals surface area contributed by atoms with E-state index in [-0.39, 0.29) is 17.2 Å². The van der Waals surface area contributed by atoms with Crippen molar-refractivity contribution in [3.8, 4) is 22.6 Å². The lowest BCUT2D eigenvalue weighted by Crippen LogP contribution is -2.37. The molecule has 0 amide bonds. The number of aryl methyl sites for hydroxylation is 3. The maximum absolute atomic E-state index is 13.0. The highest BCUT2D eigenvalue weighted by atomic mass is 16.5. The molecule has 3 aromatic heterocycles. The fraction of sp³-hybridized carbons (Fsp3) is 0.250. The number of H-pyrrole nitrogens is 1. The Morgan fingerprint density at radius 3 is 2.48 bits per heavy atom. The predicted molar refractivity (Wildman–Crippen MR) is 119 cm³/mol. The predicted octanol–water partition coefficient (Wildman–Crippen LogP) is 3.68. The van der Waals surface area contributed by atoms with Gasteiger partial charge in [0.05, 0.1) is 25.5 Å². The van der Waals surface area contributed by atoms with E-state index >= 15 is 0 Å². The van der Waals surface area contributed by atoms with E-state index in [9.17, 15) is 9.59 Å². The van der Waals surface area contributed by atoms with Crippen molar-refractivity contribution < 1.29 is 9.47 Å². The van der Waals surface area contributed by atoms with Crippen molar-refractivity contribution in [2.75, 3.05) is 13.2 Å². The molecule has 4 aromatic rings.